The van der Waals surface area contributed by atoms with E-state index in [1.807, 2.05) is 45.9 Å². The Labute approximate surface area is 84.7 Å². The number of ether oxygens (including phenoxy) is 1. The van der Waals surface area contributed by atoms with Gasteiger partial charge in [0.2, 0.25) is 0 Å². The predicted octanol–water partition coefficient (Wildman–Crippen LogP) is 3.83. The van der Waals surface area contributed by atoms with Gasteiger partial charge in [0.05, 0.1) is 0 Å². The van der Waals surface area contributed by atoms with Crippen LogP contribution in [0.15, 0.2) is 18.2 Å². The van der Waals surface area contributed by atoms with Gasteiger partial charge in [-0.15, -0.1) is 0 Å². The summed E-state index contributed by atoms with van der Waals surface area (Å²) in [5, 5.41) is 0.752. The van der Waals surface area contributed by atoms with E-state index in [4.69, 9.17) is 16.3 Å². The Morgan fingerprint density at radius 1 is 1.23 bits per heavy atom. The molecular weight excluding hydrogens is 184 g/mol. The average Bonchev–Trinajstić information content (AvgIpc) is 1.96. The second-order valence-corrected chi connectivity index (χ2v) is 4.48. The van der Waals surface area contributed by atoms with E-state index >= 15 is 0 Å². The minimum absolute atomic E-state index is 0.171. The molecule has 0 heterocycles. The standard InChI is InChI=1S/C11H15ClO/c1-8-9(12)6-5-7-10(8)13-11(2,3)4/h5-7H,1-4H3. The second kappa shape index (κ2) is 3.59. The Balaban J connectivity index is 2.96. The first-order valence-corrected chi connectivity index (χ1v) is 4.72. The van der Waals surface area contributed by atoms with Crippen LogP contribution in [0.1, 0.15) is 26.3 Å². The van der Waals surface area contributed by atoms with E-state index in [1.165, 1.54) is 0 Å². The van der Waals surface area contributed by atoms with Crippen molar-refractivity contribution < 1.29 is 4.74 Å². The maximum atomic E-state index is 5.96. The van der Waals surface area contributed by atoms with Crippen molar-refractivity contribution in [1.29, 1.82) is 0 Å². The minimum atomic E-state index is -0.171. The van der Waals surface area contributed by atoms with Crippen LogP contribution < -0.4 is 4.74 Å². The van der Waals surface area contributed by atoms with Gasteiger partial charge in [-0.1, -0.05) is 17.7 Å². The van der Waals surface area contributed by atoms with Gasteiger partial charge in [-0.2, -0.15) is 0 Å². The first kappa shape index (κ1) is 10.4. The number of hydrogen-bond acceptors (Lipinski definition) is 1. The molecule has 1 nitrogen and oxygen atoms in total. The van der Waals surface area contributed by atoms with Gasteiger partial charge in [0.15, 0.2) is 0 Å². The number of halogens is 1. The lowest BCUT2D eigenvalue weighted by molar-refractivity contribution is 0.130. The van der Waals surface area contributed by atoms with Crippen LogP contribution in [0.5, 0.6) is 5.75 Å². The molecule has 0 radical (unpaired) electrons. The summed E-state index contributed by atoms with van der Waals surface area (Å²) < 4.78 is 5.73. The Hall–Kier alpha value is -0.690. The predicted molar refractivity (Wildman–Crippen MR) is 56.6 cm³/mol. The van der Waals surface area contributed by atoms with Gasteiger partial charge in [-0.05, 0) is 39.8 Å². The van der Waals surface area contributed by atoms with E-state index < -0.39 is 0 Å². The molecule has 1 rings (SSSR count). The summed E-state index contributed by atoms with van der Waals surface area (Å²) in [6.45, 7) is 8.03. The second-order valence-electron chi connectivity index (χ2n) is 4.08. The normalized spacial score (nSPS) is 11.5. The molecule has 0 saturated carbocycles. The fourth-order valence-electron chi connectivity index (χ4n) is 1.03. The SMILES string of the molecule is Cc1c(Cl)cccc1OC(C)(C)C. The van der Waals surface area contributed by atoms with E-state index in [9.17, 15) is 0 Å². The van der Waals surface area contributed by atoms with Crippen LogP contribution in [0.3, 0.4) is 0 Å². The molecule has 13 heavy (non-hydrogen) atoms. The number of rotatable bonds is 1. The Morgan fingerprint density at radius 2 is 1.85 bits per heavy atom. The molecule has 0 aliphatic rings. The molecule has 72 valence electrons. The first-order valence-electron chi connectivity index (χ1n) is 4.34. The van der Waals surface area contributed by atoms with E-state index in [-0.39, 0.29) is 5.60 Å². The maximum absolute atomic E-state index is 5.96. The van der Waals surface area contributed by atoms with Crippen molar-refractivity contribution in [2.24, 2.45) is 0 Å². The quantitative estimate of drug-likeness (QED) is 0.667. The van der Waals surface area contributed by atoms with Gasteiger partial charge in [0.25, 0.3) is 0 Å². The fraction of sp³-hybridized carbons (Fsp3) is 0.455. The molecule has 0 bridgehead atoms. The summed E-state index contributed by atoms with van der Waals surface area (Å²) >= 11 is 5.96. The summed E-state index contributed by atoms with van der Waals surface area (Å²) in [5.41, 5.74) is 0.828. The van der Waals surface area contributed by atoms with E-state index in [1.54, 1.807) is 0 Å². The van der Waals surface area contributed by atoms with Gasteiger partial charge >= 0.3 is 0 Å². The minimum Gasteiger partial charge on any atom is -0.488 e. The molecule has 0 N–H and O–H groups in total. The van der Waals surface area contributed by atoms with Crippen molar-refractivity contribution in [2.75, 3.05) is 0 Å². The third kappa shape index (κ3) is 2.92. The highest BCUT2D eigenvalue weighted by Crippen LogP contribution is 2.27. The Morgan fingerprint density at radius 3 is 2.38 bits per heavy atom. The molecule has 0 aliphatic carbocycles. The molecule has 0 saturated heterocycles. The lowest BCUT2D eigenvalue weighted by Gasteiger charge is -2.22. The van der Waals surface area contributed by atoms with Crippen LogP contribution in [-0.4, -0.2) is 5.60 Å². The average molecular weight is 199 g/mol. The summed E-state index contributed by atoms with van der Waals surface area (Å²) in [6, 6.07) is 5.70. The van der Waals surface area contributed by atoms with Crippen molar-refractivity contribution >= 4 is 11.6 Å². The van der Waals surface area contributed by atoms with E-state index in [0.717, 1.165) is 16.3 Å². The highest BCUT2D eigenvalue weighted by Gasteiger charge is 2.13. The fourth-order valence-corrected chi connectivity index (χ4v) is 1.19. The van der Waals surface area contributed by atoms with E-state index in [2.05, 4.69) is 0 Å². The third-order valence-electron chi connectivity index (χ3n) is 1.63. The molecule has 0 unspecified atom stereocenters. The van der Waals surface area contributed by atoms with Crippen LogP contribution >= 0.6 is 11.6 Å². The Bertz CT molecular complexity index is 299. The zero-order chi connectivity index (χ0) is 10.1. The summed E-state index contributed by atoms with van der Waals surface area (Å²) in [7, 11) is 0. The third-order valence-corrected chi connectivity index (χ3v) is 2.04. The van der Waals surface area contributed by atoms with Crippen LogP contribution in [0, 0.1) is 6.92 Å². The van der Waals surface area contributed by atoms with E-state index in [0.29, 0.717) is 0 Å². The molecule has 1 aromatic rings. The molecule has 0 aliphatic heterocycles. The van der Waals surface area contributed by atoms with Crippen molar-refractivity contribution in [3.63, 3.8) is 0 Å². The molecule has 0 spiro atoms. The highest BCUT2D eigenvalue weighted by atomic mass is 35.5. The van der Waals surface area contributed by atoms with Gasteiger partial charge in [-0.25, -0.2) is 0 Å². The smallest absolute Gasteiger partial charge is 0.124 e. The van der Waals surface area contributed by atoms with Gasteiger partial charge in [-0.3, -0.25) is 0 Å². The van der Waals surface area contributed by atoms with Crippen LogP contribution in [-0.2, 0) is 0 Å². The molecule has 0 amide bonds. The maximum Gasteiger partial charge on any atom is 0.124 e. The summed E-state index contributed by atoms with van der Waals surface area (Å²) in [4.78, 5) is 0. The van der Waals surface area contributed by atoms with Gasteiger partial charge < -0.3 is 4.74 Å². The highest BCUT2D eigenvalue weighted by molar-refractivity contribution is 6.31. The molecular formula is C11H15ClO. The van der Waals surface area contributed by atoms with Crippen molar-refractivity contribution in [3.8, 4) is 5.75 Å². The zero-order valence-electron chi connectivity index (χ0n) is 8.52. The van der Waals surface area contributed by atoms with Crippen molar-refractivity contribution in [2.45, 2.75) is 33.3 Å². The first-order chi connectivity index (χ1) is 5.90. The van der Waals surface area contributed by atoms with Gasteiger partial charge in [0, 0.05) is 10.6 Å². The van der Waals surface area contributed by atoms with Crippen LogP contribution in [0.4, 0.5) is 0 Å². The van der Waals surface area contributed by atoms with Gasteiger partial charge in [0.1, 0.15) is 11.4 Å². The zero-order valence-corrected chi connectivity index (χ0v) is 9.27. The monoisotopic (exact) mass is 198 g/mol. The lowest BCUT2D eigenvalue weighted by atomic mass is 10.1. The number of benzene rings is 1. The largest absolute Gasteiger partial charge is 0.488 e. The lowest BCUT2D eigenvalue weighted by Crippen LogP contribution is -2.23. The molecule has 0 fully saturated rings. The summed E-state index contributed by atoms with van der Waals surface area (Å²) in [6.07, 6.45) is 0. The van der Waals surface area contributed by atoms with Crippen molar-refractivity contribution in [3.05, 3.63) is 28.8 Å². The van der Waals surface area contributed by atoms with Crippen LogP contribution in [0.2, 0.25) is 5.02 Å². The molecule has 1 aromatic carbocycles. The molecule has 0 atom stereocenters. The molecule has 2 heteroatoms. The van der Waals surface area contributed by atoms with Crippen molar-refractivity contribution in [1.82, 2.24) is 0 Å². The molecule has 0 aromatic heterocycles. The number of hydrogen-bond donors (Lipinski definition) is 0. The summed E-state index contributed by atoms with van der Waals surface area (Å²) in [5.74, 6) is 0.861. The topological polar surface area (TPSA) is 9.23 Å². The van der Waals surface area contributed by atoms with Crippen LogP contribution in [0.25, 0.3) is 0 Å². The Kier molecular flexibility index (Phi) is 2.87.